The van der Waals surface area contributed by atoms with E-state index in [-0.39, 0.29) is 21.5 Å². The first kappa shape index (κ1) is 12.3. The van der Waals surface area contributed by atoms with Crippen LogP contribution in [0.5, 0.6) is 0 Å². The van der Waals surface area contributed by atoms with E-state index in [0.29, 0.717) is 0 Å². The van der Waals surface area contributed by atoms with Crippen molar-refractivity contribution in [3.05, 3.63) is 28.0 Å². The van der Waals surface area contributed by atoms with Crippen LogP contribution in [0.25, 0.3) is 0 Å². The van der Waals surface area contributed by atoms with E-state index in [9.17, 15) is 13.6 Å². The van der Waals surface area contributed by atoms with Gasteiger partial charge in [0.05, 0.1) is 10.6 Å². The van der Waals surface area contributed by atoms with Crippen LogP contribution in [0.2, 0.25) is 5.02 Å². The summed E-state index contributed by atoms with van der Waals surface area (Å²) in [5.74, 6) is -1.35. The second-order valence-corrected chi connectivity index (χ2v) is 3.55. The smallest absolute Gasteiger partial charge is 0.337 e. The molecule has 0 spiro atoms. The number of aromatic carboxylic acids is 1. The molecule has 1 rings (SSSR count). The van der Waals surface area contributed by atoms with Gasteiger partial charge in [-0.05, 0) is 0 Å². The average molecular weight is 300 g/mol. The average Bonchev–Trinajstić information content (AvgIpc) is 2.15. The van der Waals surface area contributed by atoms with Gasteiger partial charge in [-0.15, -0.1) is 0 Å². The van der Waals surface area contributed by atoms with Crippen molar-refractivity contribution < 1.29 is 18.7 Å². The molecular weight excluding hydrogens is 295 g/mol. The van der Waals surface area contributed by atoms with Crippen molar-refractivity contribution in [1.29, 1.82) is 0 Å². The first-order valence-corrected chi connectivity index (χ1v) is 5.23. The monoisotopic (exact) mass is 299 g/mol. The lowest BCUT2D eigenvalue weighted by Crippen LogP contribution is -2.08. The Morgan fingerprint density at radius 2 is 2.27 bits per heavy atom. The van der Waals surface area contributed by atoms with Crippen molar-refractivity contribution in [3.63, 3.8) is 0 Å². The Labute approximate surface area is 97.2 Å². The number of nitrogens with zero attached hydrogens (tertiary/aromatic N) is 1. The Balaban J connectivity index is 3.47. The SMILES string of the molecule is O=C(O)c1c(Cl)cnc(C(F)F)c1CBr. The Morgan fingerprint density at radius 3 is 2.67 bits per heavy atom. The molecule has 0 aliphatic rings. The van der Waals surface area contributed by atoms with E-state index in [2.05, 4.69) is 20.9 Å². The highest BCUT2D eigenvalue weighted by atomic mass is 79.9. The molecule has 0 aliphatic heterocycles. The predicted molar refractivity (Wildman–Crippen MR) is 53.8 cm³/mol. The molecule has 0 amide bonds. The summed E-state index contributed by atoms with van der Waals surface area (Å²) in [4.78, 5) is 14.2. The van der Waals surface area contributed by atoms with Crippen LogP contribution in [-0.4, -0.2) is 16.1 Å². The highest BCUT2D eigenvalue weighted by molar-refractivity contribution is 9.08. The van der Waals surface area contributed by atoms with Crippen LogP contribution in [0.1, 0.15) is 28.0 Å². The number of hydrogen-bond acceptors (Lipinski definition) is 2. The maximum absolute atomic E-state index is 12.5. The van der Waals surface area contributed by atoms with Gasteiger partial charge in [-0.3, -0.25) is 4.98 Å². The third kappa shape index (κ3) is 2.43. The number of rotatable bonds is 3. The number of pyridine rings is 1. The minimum Gasteiger partial charge on any atom is -0.478 e. The Morgan fingerprint density at radius 1 is 1.67 bits per heavy atom. The van der Waals surface area contributed by atoms with Crippen LogP contribution in [0.3, 0.4) is 0 Å². The van der Waals surface area contributed by atoms with Gasteiger partial charge >= 0.3 is 5.97 Å². The van der Waals surface area contributed by atoms with Gasteiger partial charge in [-0.1, -0.05) is 27.5 Å². The molecule has 0 bridgehead atoms. The second kappa shape index (κ2) is 4.85. The summed E-state index contributed by atoms with van der Waals surface area (Å²) >= 11 is 8.51. The van der Waals surface area contributed by atoms with Gasteiger partial charge in [0.25, 0.3) is 6.43 Å². The number of halogens is 4. The molecule has 3 nitrogen and oxygen atoms in total. The fourth-order valence-electron chi connectivity index (χ4n) is 1.10. The molecule has 82 valence electrons. The largest absolute Gasteiger partial charge is 0.478 e. The van der Waals surface area contributed by atoms with Gasteiger partial charge in [0, 0.05) is 17.1 Å². The molecule has 0 radical (unpaired) electrons. The molecule has 0 atom stereocenters. The maximum atomic E-state index is 12.5. The Hall–Kier alpha value is -0.750. The fraction of sp³-hybridized carbons (Fsp3) is 0.250. The first-order chi connectivity index (χ1) is 6.99. The van der Waals surface area contributed by atoms with Crippen LogP contribution in [0, 0.1) is 0 Å². The summed E-state index contributed by atoms with van der Waals surface area (Å²) in [5.41, 5.74) is -0.988. The molecule has 0 unspecified atom stereocenters. The quantitative estimate of drug-likeness (QED) is 0.872. The third-order valence-corrected chi connectivity index (χ3v) is 2.57. The lowest BCUT2D eigenvalue weighted by molar-refractivity contribution is 0.0695. The van der Waals surface area contributed by atoms with Crippen LogP contribution in [0.15, 0.2) is 6.20 Å². The molecular formula is C8H5BrClF2NO2. The Bertz CT molecular complexity index is 400. The van der Waals surface area contributed by atoms with Crippen LogP contribution in [-0.2, 0) is 5.33 Å². The standard InChI is InChI=1S/C8H5BrClF2NO2/c9-1-3-5(8(14)15)4(10)2-13-6(3)7(11)12/h2,7H,1H2,(H,14,15). The number of carboxylic acid groups (broad SMARTS) is 1. The highest BCUT2D eigenvalue weighted by Gasteiger charge is 2.23. The van der Waals surface area contributed by atoms with Crippen LogP contribution >= 0.6 is 27.5 Å². The summed E-state index contributed by atoms with van der Waals surface area (Å²) in [6.07, 6.45) is -1.91. The van der Waals surface area contributed by atoms with Gasteiger partial charge in [-0.25, -0.2) is 13.6 Å². The number of hydrogen-bond donors (Lipinski definition) is 1. The number of carbonyl (C=O) groups is 1. The van der Waals surface area contributed by atoms with E-state index >= 15 is 0 Å². The molecule has 1 aromatic heterocycles. The molecule has 0 fully saturated rings. The van der Waals surface area contributed by atoms with Crippen molar-refractivity contribution >= 4 is 33.5 Å². The second-order valence-electron chi connectivity index (χ2n) is 2.58. The molecule has 0 aromatic carbocycles. The fourth-order valence-corrected chi connectivity index (χ4v) is 1.91. The highest BCUT2D eigenvalue weighted by Crippen LogP contribution is 2.29. The van der Waals surface area contributed by atoms with E-state index in [1.807, 2.05) is 0 Å². The summed E-state index contributed by atoms with van der Waals surface area (Å²) in [7, 11) is 0. The van der Waals surface area contributed by atoms with E-state index in [1.54, 1.807) is 0 Å². The van der Waals surface area contributed by atoms with Gasteiger partial charge in [0.15, 0.2) is 0 Å². The third-order valence-electron chi connectivity index (χ3n) is 1.72. The van der Waals surface area contributed by atoms with Crippen molar-refractivity contribution in [2.45, 2.75) is 11.8 Å². The molecule has 1 heterocycles. The maximum Gasteiger partial charge on any atom is 0.337 e. The zero-order chi connectivity index (χ0) is 11.6. The number of alkyl halides is 3. The van der Waals surface area contributed by atoms with E-state index in [1.165, 1.54) is 0 Å². The van der Waals surface area contributed by atoms with Crippen LogP contribution < -0.4 is 0 Å². The Kier molecular flexibility index (Phi) is 3.98. The van der Waals surface area contributed by atoms with E-state index < -0.39 is 18.1 Å². The molecule has 1 N–H and O–H groups in total. The zero-order valence-electron chi connectivity index (χ0n) is 7.18. The molecule has 0 saturated heterocycles. The lowest BCUT2D eigenvalue weighted by Gasteiger charge is -2.09. The minimum absolute atomic E-state index is 0.0398. The van der Waals surface area contributed by atoms with Gasteiger partial charge < -0.3 is 5.11 Å². The molecule has 7 heteroatoms. The normalized spacial score (nSPS) is 10.7. The lowest BCUT2D eigenvalue weighted by atomic mass is 10.1. The number of carboxylic acids is 1. The molecule has 1 aromatic rings. The summed E-state index contributed by atoms with van der Waals surface area (Å²) in [5, 5.41) is 8.61. The van der Waals surface area contributed by atoms with Crippen molar-refractivity contribution in [3.8, 4) is 0 Å². The summed E-state index contributed by atoms with van der Waals surface area (Å²) in [6, 6.07) is 0. The topological polar surface area (TPSA) is 50.2 Å². The molecule has 0 saturated carbocycles. The van der Waals surface area contributed by atoms with Crippen molar-refractivity contribution in [2.75, 3.05) is 0 Å². The first-order valence-electron chi connectivity index (χ1n) is 3.73. The van der Waals surface area contributed by atoms with Crippen molar-refractivity contribution in [1.82, 2.24) is 4.98 Å². The zero-order valence-corrected chi connectivity index (χ0v) is 9.52. The van der Waals surface area contributed by atoms with E-state index in [4.69, 9.17) is 16.7 Å². The predicted octanol–water partition coefficient (Wildman–Crippen LogP) is 3.27. The van der Waals surface area contributed by atoms with Crippen molar-refractivity contribution in [2.24, 2.45) is 0 Å². The van der Waals surface area contributed by atoms with Gasteiger partial charge in [-0.2, -0.15) is 0 Å². The minimum atomic E-state index is -2.83. The van der Waals surface area contributed by atoms with E-state index in [0.717, 1.165) is 6.20 Å². The molecule has 0 aliphatic carbocycles. The summed E-state index contributed by atoms with van der Waals surface area (Å²) < 4.78 is 24.9. The number of aromatic nitrogens is 1. The van der Waals surface area contributed by atoms with Crippen LogP contribution in [0.4, 0.5) is 8.78 Å². The molecule has 15 heavy (non-hydrogen) atoms. The summed E-state index contributed by atoms with van der Waals surface area (Å²) in [6.45, 7) is 0. The van der Waals surface area contributed by atoms with Gasteiger partial charge in [0.1, 0.15) is 5.69 Å². The van der Waals surface area contributed by atoms with Gasteiger partial charge in [0.2, 0.25) is 0 Å².